The lowest BCUT2D eigenvalue weighted by atomic mass is 10.0. The third kappa shape index (κ3) is 14.5. The Morgan fingerprint density at radius 1 is 0.815 bits per heavy atom. The molecule has 3 N–H and O–H groups in total. The van der Waals surface area contributed by atoms with Gasteiger partial charge in [0, 0.05) is 0 Å². The number of likely N-dealkylation sites (N-methyl/N-ethyl adjacent to an activating group) is 1. The highest BCUT2D eigenvalue weighted by Gasteiger charge is 2.48. The van der Waals surface area contributed by atoms with Crippen molar-refractivity contribution in [3.63, 3.8) is 0 Å². The van der Waals surface area contributed by atoms with Crippen LogP contribution in [-0.2, 0) is 4.57 Å². The Morgan fingerprint density at radius 2 is 1.26 bits per heavy atom. The second-order valence-electron chi connectivity index (χ2n) is 8.93. The molecule has 0 bridgehead atoms. The Bertz CT molecular complexity index is 442. The summed E-state index contributed by atoms with van der Waals surface area (Å²) in [6, 6.07) is 0. The highest BCUT2D eigenvalue weighted by atomic mass is 31.2. The maximum atomic E-state index is 11.7. The largest absolute Gasteiger partial charge is 0.373 e. The Kier molecular flexibility index (Phi) is 13.8. The number of rotatable bonds is 17. The normalized spacial score (nSPS) is 15.4. The molecule has 0 aromatic heterocycles. The molecule has 0 aliphatic heterocycles. The van der Waals surface area contributed by atoms with Gasteiger partial charge >= 0.3 is 7.60 Å². The summed E-state index contributed by atoms with van der Waals surface area (Å²) in [4.78, 5) is 19.1. The van der Waals surface area contributed by atoms with Gasteiger partial charge in [-0.3, -0.25) is 4.57 Å². The number of aliphatic hydroxyl groups is 1. The Balaban J connectivity index is 3.74. The van der Waals surface area contributed by atoms with E-state index < -0.39 is 12.9 Å². The SMILES string of the molecule is CC/C=C\CCCCCCCCCCCCC(O)(C[N+](C)(C)C)P(=O)(O)O. The van der Waals surface area contributed by atoms with Crippen LogP contribution in [0, 0.1) is 0 Å². The number of unbranched alkanes of at least 4 members (excludes halogenated alkanes) is 10. The maximum absolute atomic E-state index is 11.7. The van der Waals surface area contributed by atoms with Crippen LogP contribution in [0.15, 0.2) is 12.2 Å². The second kappa shape index (κ2) is 13.9. The van der Waals surface area contributed by atoms with Gasteiger partial charge in [-0.2, -0.15) is 0 Å². The molecular weight excluding hydrogens is 361 g/mol. The quantitative estimate of drug-likeness (QED) is 0.134. The lowest BCUT2D eigenvalue weighted by Gasteiger charge is -2.35. The molecule has 0 saturated carbocycles. The van der Waals surface area contributed by atoms with Crippen molar-refractivity contribution in [3.8, 4) is 0 Å². The van der Waals surface area contributed by atoms with E-state index in [4.69, 9.17) is 0 Å². The van der Waals surface area contributed by atoms with Crippen molar-refractivity contribution in [2.75, 3.05) is 27.7 Å². The van der Waals surface area contributed by atoms with Crippen LogP contribution in [0.25, 0.3) is 0 Å². The molecule has 0 spiro atoms. The summed E-state index contributed by atoms with van der Waals surface area (Å²) >= 11 is 0. The van der Waals surface area contributed by atoms with Crippen LogP contribution in [-0.4, -0.2) is 52.4 Å². The predicted molar refractivity (Wildman–Crippen MR) is 115 cm³/mol. The first kappa shape index (κ1) is 26.8. The monoisotopic (exact) mass is 406 g/mol. The number of hydrogen-bond donors (Lipinski definition) is 3. The minimum atomic E-state index is -4.53. The van der Waals surface area contributed by atoms with Crippen LogP contribution in [0.4, 0.5) is 0 Å². The van der Waals surface area contributed by atoms with Crippen LogP contribution in [0.1, 0.15) is 90.4 Å². The van der Waals surface area contributed by atoms with Crippen LogP contribution in [0.5, 0.6) is 0 Å². The van der Waals surface area contributed by atoms with Crippen molar-refractivity contribution in [1.29, 1.82) is 0 Å². The highest BCUT2D eigenvalue weighted by molar-refractivity contribution is 7.53. The first-order valence-electron chi connectivity index (χ1n) is 10.8. The Hall–Kier alpha value is -0.190. The number of hydrogen-bond acceptors (Lipinski definition) is 2. The van der Waals surface area contributed by atoms with Gasteiger partial charge in [0.05, 0.1) is 21.1 Å². The summed E-state index contributed by atoms with van der Waals surface area (Å²) in [5.41, 5.74) is 0. The summed E-state index contributed by atoms with van der Waals surface area (Å²) in [5.74, 6) is 0. The smallest absolute Gasteiger partial charge is 0.362 e. The van der Waals surface area contributed by atoms with Crippen molar-refractivity contribution < 1.29 is 23.9 Å². The fraction of sp³-hybridized carbons (Fsp3) is 0.905. The molecule has 0 aliphatic rings. The van der Waals surface area contributed by atoms with Crippen LogP contribution in [0.3, 0.4) is 0 Å². The molecule has 1 atom stereocenters. The fourth-order valence-electron chi connectivity index (χ4n) is 3.45. The first-order chi connectivity index (χ1) is 12.5. The molecule has 0 rings (SSSR count). The van der Waals surface area contributed by atoms with Crippen LogP contribution in [0.2, 0.25) is 0 Å². The molecule has 5 nitrogen and oxygen atoms in total. The van der Waals surface area contributed by atoms with E-state index >= 15 is 0 Å². The molecule has 162 valence electrons. The number of allylic oxidation sites excluding steroid dienone is 2. The maximum Gasteiger partial charge on any atom is 0.362 e. The van der Waals surface area contributed by atoms with E-state index in [1.807, 2.05) is 21.1 Å². The van der Waals surface area contributed by atoms with Gasteiger partial charge in [-0.1, -0.05) is 70.4 Å². The summed E-state index contributed by atoms with van der Waals surface area (Å²) in [7, 11) is 0.973. The molecule has 0 heterocycles. The van der Waals surface area contributed by atoms with E-state index in [1.165, 1.54) is 51.4 Å². The number of nitrogens with zero attached hydrogens (tertiary/aromatic N) is 1. The summed E-state index contributed by atoms with van der Waals surface area (Å²) in [5, 5.41) is 8.59. The summed E-state index contributed by atoms with van der Waals surface area (Å²) in [6.45, 7) is 2.23. The van der Waals surface area contributed by atoms with E-state index in [0.29, 0.717) is 10.9 Å². The van der Waals surface area contributed by atoms with Gasteiger partial charge in [0.1, 0.15) is 6.54 Å². The molecular formula is C21H45NO4P+. The zero-order valence-corrected chi connectivity index (χ0v) is 19.1. The average Bonchev–Trinajstić information content (AvgIpc) is 2.52. The highest BCUT2D eigenvalue weighted by Crippen LogP contribution is 2.52. The van der Waals surface area contributed by atoms with E-state index in [2.05, 4.69) is 19.1 Å². The summed E-state index contributed by atoms with van der Waals surface area (Å²) in [6.07, 6.45) is 18.6. The van der Waals surface area contributed by atoms with Gasteiger partial charge < -0.3 is 19.4 Å². The van der Waals surface area contributed by atoms with Gasteiger partial charge in [-0.15, -0.1) is 0 Å². The Labute approximate surface area is 167 Å². The molecule has 27 heavy (non-hydrogen) atoms. The Morgan fingerprint density at radius 3 is 1.67 bits per heavy atom. The minimum Gasteiger partial charge on any atom is -0.373 e. The molecule has 6 heteroatoms. The molecule has 0 radical (unpaired) electrons. The van der Waals surface area contributed by atoms with Gasteiger partial charge in [0.25, 0.3) is 0 Å². The molecule has 0 amide bonds. The molecule has 0 fully saturated rings. The van der Waals surface area contributed by atoms with Crippen molar-refractivity contribution in [1.82, 2.24) is 0 Å². The first-order valence-corrected chi connectivity index (χ1v) is 12.4. The fourth-order valence-corrected chi connectivity index (χ4v) is 4.50. The summed E-state index contributed by atoms with van der Waals surface area (Å²) < 4.78 is 12.1. The van der Waals surface area contributed by atoms with Crippen molar-refractivity contribution in [3.05, 3.63) is 12.2 Å². The molecule has 0 aromatic rings. The van der Waals surface area contributed by atoms with Gasteiger partial charge in [0.2, 0.25) is 5.34 Å². The minimum absolute atomic E-state index is 0.0610. The molecule has 0 aromatic carbocycles. The van der Waals surface area contributed by atoms with Crippen LogP contribution < -0.4 is 0 Å². The average molecular weight is 407 g/mol. The standard InChI is InChI=1S/C21H44NO4P/c1-5-6-7-8-9-10-11-12-13-14-15-16-17-18-19-21(23,27(24,25)26)20-22(2,3)4/h6-7,23H,5,8-20H2,1-4H3,(H-,24,25,26)/p+1/b7-6-. The van der Waals surface area contributed by atoms with E-state index in [1.54, 1.807) is 0 Å². The lowest BCUT2D eigenvalue weighted by Crippen LogP contribution is -2.49. The predicted octanol–water partition coefficient (Wildman–Crippen LogP) is 5.21. The third-order valence-electron chi connectivity index (χ3n) is 4.87. The second-order valence-corrected chi connectivity index (χ2v) is 10.8. The number of quaternary nitrogens is 1. The zero-order valence-electron chi connectivity index (χ0n) is 18.2. The topological polar surface area (TPSA) is 77.8 Å². The van der Waals surface area contributed by atoms with Gasteiger partial charge in [-0.05, 0) is 32.1 Å². The van der Waals surface area contributed by atoms with Gasteiger partial charge in [0.15, 0.2) is 0 Å². The molecule has 1 unspecified atom stereocenters. The van der Waals surface area contributed by atoms with Crippen molar-refractivity contribution in [2.24, 2.45) is 0 Å². The van der Waals surface area contributed by atoms with Crippen LogP contribution >= 0.6 is 7.60 Å². The van der Waals surface area contributed by atoms with Gasteiger partial charge in [-0.25, -0.2) is 0 Å². The van der Waals surface area contributed by atoms with Crippen molar-refractivity contribution in [2.45, 2.75) is 95.7 Å². The molecule has 0 saturated heterocycles. The van der Waals surface area contributed by atoms with E-state index in [0.717, 1.165) is 19.3 Å². The zero-order chi connectivity index (χ0) is 20.8. The lowest BCUT2D eigenvalue weighted by molar-refractivity contribution is -0.875. The third-order valence-corrected chi connectivity index (χ3v) is 6.32. The van der Waals surface area contributed by atoms with E-state index in [-0.39, 0.29) is 13.0 Å². The van der Waals surface area contributed by atoms with E-state index in [9.17, 15) is 19.5 Å². The van der Waals surface area contributed by atoms with Crippen molar-refractivity contribution >= 4 is 7.60 Å². The molecule has 0 aliphatic carbocycles.